The highest BCUT2D eigenvalue weighted by Gasteiger charge is 2.43. The van der Waals surface area contributed by atoms with E-state index in [9.17, 15) is 0 Å². The van der Waals surface area contributed by atoms with Crippen LogP contribution in [0.4, 0.5) is 0 Å². The molecular formula is C16H22N2O2. The molecule has 0 spiro atoms. The Hall–Kier alpha value is -1.73. The third-order valence-electron chi connectivity index (χ3n) is 3.73. The first-order valence-electron chi connectivity index (χ1n) is 7.01. The van der Waals surface area contributed by atoms with E-state index in [0.717, 1.165) is 36.3 Å². The number of nitrogens with two attached hydrogens (primary N) is 1. The van der Waals surface area contributed by atoms with E-state index in [1.165, 1.54) is 0 Å². The summed E-state index contributed by atoms with van der Waals surface area (Å²) < 4.78 is 11.2. The van der Waals surface area contributed by atoms with E-state index in [0.29, 0.717) is 13.0 Å². The maximum Gasteiger partial charge on any atom is 0.161 e. The number of ether oxygens (including phenoxy) is 2. The van der Waals surface area contributed by atoms with Crippen molar-refractivity contribution in [3.63, 3.8) is 0 Å². The van der Waals surface area contributed by atoms with Gasteiger partial charge in [0.2, 0.25) is 0 Å². The zero-order chi connectivity index (χ0) is 14.6. The summed E-state index contributed by atoms with van der Waals surface area (Å²) >= 11 is 0. The third-order valence-corrected chi connectivity index (χ3v) is 3.73. The fourth-order valence-electron chi connectivity index (χ4n) is 2.28. The molecule has 0 saturated heterocycles. The lowest BCUT2D eigenvalue weighted by Crippen LogP contribution is -2.17. The van der Waals surface area contributed by atoms with E-state index in [-0.39, 0.29) is 11.5 Å². The highest BCUT2D eigenvalue weighted by Crippen LogP contribution is 2.49. The average molecular weight is 274 g/mol. The van der Waals surface area contributed by atoms with Crippen LogP contribution in [0.2, 0.25) is 0 Å². The number of nitriles is 1. The first-order valence-corrected chi connectivity index (χ1v) is 7.01. The predicted octanol–water partition coefficient (Wildman–Crippen LogP) is 2.66. The zero-order valence-electron chi connectivity index (χ0n) is 12.2. The summed E-state index contributed by atoms with van der Waals surface area (Å²) in [6.07, 6.45) is 3.53. The summed E-state index contributed by atoms with van der Waals surface area (Å²) in [5.41, 5.74) is 7.02. The average Bonchev–Trinajstić information content (AvgIpc) is 3.17. The Balaban J connectivity index is 2.02. The number of benzene rings is 1. The van der Waals surface area contributed by atoms with Crippen molar-refractivity contribution in [2.24, 2.45) is 11.1 Å². The maximum atomic E-state index is 8.82. The molecular weight excluding hydrogens is 252 g/mol. The lowest BCUT2D eigenvalue weighted by molar-refractivity contribution is 0.227. The third kappa shape index (κ3) is 3.64. The minimum absolute atomic E-state index is 0.0736. The lowest BCUT2D eigenvalue weighted by atomic mass is 10.1. The Morgan fingerprint density at radius 1 is 1.40 bits per heavy atom. The van der Waals surface area contributed by atoms with Crippen LogP contribution < -0.4 is 15.2 Å². The molecule has 1 aromatic rings. The maximum absolute atomic E-state index is 8.82. The molecule has 1 aliphatic rings. The summed E-state index contributed by atoms with van der Waals surface area (Å²) in [5, 5.41) is 8.82. The van der Waals surface area contributed by atoms with Crippen molar-refractivity contribution in [3.05, 3.63) is 23.8 Å². The van der Waals surface area contributed by atoms with E-state index < -0.39 is 0 Å². The van der Waals surface area contributed by atoms with Gasteiger partial charge in [-0.1, -0.05) is 6.07 Å². The van der Waals surface area contributed by atoms with Gasteiger partial charge in [0, 0.05) is 17.9 Å². The molecule has 0 amide bonds. The van der Waals surface area contributed by atoms with Crippen LogP contribution in [0.1, 0.15) is 31.7 Å². The van der Waals surface area contributed by atoms with Crippen LogP contribution in [-0.2, 0) is 6.42 Å². The van der Waals surface area contributed by atoms with Gasteiger partial charge in [-0.3, -0.25) is 0 Å². The first-order chi connectivity index (χ1) is 9.58. The number of rotatable bonds is 7. The molecule has 4 heteroatoms. The van der Waals surface area contributed by atoms with Crippen molar-refractivity contribution in [3.8, 4) is 17.6 Å². The quantitative estimate of drug-likeness (QED) is 0.830. The molecule has 108 valence electrons. The van der Waals surface area contributed by atoms with Crippen LogP contribution in [0.15, 0.2) is 18.2 Å². The topological polar surface area (TPSA) is 68.3 Å². The molecule has 20 heavy (non-hydrogen) atoms. The van der Waals surface area contributed by atoms with Crippen LogP contribution >= 0.6 is 0 Å². The second-order valence-electron chi connectivity index (χ2n) is 5.79. The van der Waals surface area contributed by atoms with Gasteiger partial charge in [-0.25, -0.2) is 0 Å². The Kier molecular flexibility index (Phi) is 4.51. The molecule has 0 radical (unpaired) electrons. The Bertz CT molecular complexity index is 502. The van der Waals surface area contributed by atoms with E-state index >= 15 is 0 Å². The molecule has 1 aromatic carbocycles. The van der Waals surface area contributed by atoms with Gasteiger partial charge in [0.05, 0.1) is 19.8 Å². The van der Waals surface area contributed by atoms with E-state index in [4.69, 9.17) is 20.5 Å². The largest absolute Gasteiger partial charge is 0.493 e. The molecule has 0 aromatic heterocycles. The van der Waals surface area contributed by atoms with Crippen molar-refractivity contribution >= 4 is 0 Å². The lowest BCUT2D eigenvalue weighted by Gasteiger charge is -2.16. The highest BCUT2D eigenvalue weighted by molar-refractivity contribution is 5.43. The van der Waals surface area contributed by atoms with Crippen molar-refractivity contribution < 1.29 is 9.47 Å². The monoisotopic (exact) mass is 274 g/mol. The smallest absolute Gasteiger partial charge is 0.161 e. The Morgan fingerprint density at radius 3 is 2.70 bits per heavy atom. The number of nitrogens with zero attached hydrogens (tertiary/aromatic N) is 1. The van der Waals surface area contributed by atoms with Gasteiger partial charge in [0.25, 0.3) is 0 Å². The molecule has 2 N–H and O–H groups in total. The van der Waals surface area contributed by atoms with Gasteiger partial charge in [-0.05, 0) is 43.9 Å². The molecule has 1 unspecified atom stereocenters. The summed E-state index contributed by atoms with van der Waals surface area (Å²) in [4.78, 5) is 0. The molecule has 2 rings (SSSR count). The molecule has 1 aliphatic carbocycles. The van der Waals surface area contributed by atoms with Crippen LogP contribution in [0.3, 0.4) is 0 Å². The van der Waals surface area contributed by atoms with Gasteiger partial charge < -0.3 is 15.2 Å². The van der Waals surface area contributed by atoms with E-state index in [1.54, 1.807) is 7.11 Å². The summed E-state index contributed by atoms with van der Waals surface area (Å²) in [6.45, 7) is 2.57. The summed E-state index contributed by atoms with van der Waals surface area (Å²) in [6, 6.07) is 8.29. The van der Waals surface area contributed by atoms with Crippen LogP contribution in [0.25, 0.3) is 0 Å². The second-order valence-corrected chi connectivity index (χ2v) is 5.79. The molecule has 1 saturated carbocycles. The van der Waals surface area contributed by atoms with E-state index in [2.05, 4.69) is 6.07 Å². The molecule has 1 atom stereocenters. The van der Waals surface area contributed by atoms with Gasteiger partial charge >= 0.3 is 0 Å². The summed E-state index contributed by atoms with van der Waals surface area (Å²) in [5.74, 6) is 1.47. The fourth-order valence-corrected chi connectivity index (χ4v) is 2.28. The molecule has 4 nitrogen and oxygen atoms in total. The van der Waals surface area contributed by atoms with Gasteiger partial charge in [0.1, 0.15) is 0 Å². The van der Waals surface area contributed by atoms with Crippen LogP contribution in [0, 0.1) is 16.7 Å². The predicted molar refractivity (Wildman–Crippen MR) is 77.7 cm³/mol. The minimum atomic E-state index is 0.0736. The number of hydrogen-bond donors (Lipinski definition) is 1. The number of methoxy groups -OCH3 is 1. The zero-order valence-corrected chi connectivity index (χ0v) is 12.2. The molecule has 0 aliphatic heterocycles. The van der Waals surface area contributed by atoms with E-state index in [1.807, 2.05) is 25.1 Å². The molecule has 1 fully saturated rings. The van der Waals surface area contributed by atoms with Gasteiger partial charge in [-0.2, -0.15) is 5.26 Å². The minimum Gasteiger partial charge on any atom is -0.493 e. The summed E-state index contributed by atoms with van der Waals surface area (Å²) in [7, 11) is 1.64. The highest BCUT2D eigenvalue weighted by atomic mass is 16.5. The van der Waals surface area contributed by atoms with Crippen molar-refractivity contribution in [2.75, 3.05) is 13.7 Å². The van der Waals surface area contributed by atoms with Crippen LogP contribution in [0.5, 0.6) is 11.5 Å². The second kappa shape index (κ2) is 6.15. The Labute approximate surface area is 120 Å². The van der Waals surface area contributed by atoms with Gasteiger partial charge in [0.15, 0.2) is 11.5 Å². The number of hydrogen-bond acceptors (Lipinski definition) is 4. The normalized spacial score (nSPS) is 17.1. The molecule has 0 heterocycles. The van der Waals surface area contributed by atoms with Crippen molar-refractivity contribution in [1.29, 1.82) is 5.26 Å². The van der Waals surface area contributed by atoms with Crippen molar-refractivity contribution in [1.82, 2.24) is 0 Å². The SMILES string of the molecule is COc1cc(CC(C)N)ccc1OCC1(CC#N)CC1. The van der Waals surface area contributed by atoms with Crippen LogP contribution in [-0.4, -0.2) is 19.8 Å². The fraction of sp³-hybridized carbons (Fsp3) is 0.562. The first kappa shape index (κ1) is 14.7. The standard InChI is InChI=1S/C16H22N2O2/c1-12(18)9-13-3-4-14(15(10-13)19-2)20-11-16(5-6-16)7-8-17/h3-4,10,12H,5-7,9,11,18H2,1-2H3. The van der Waals surface area contributed by atoms with Crippen molar-refractivity contribution in [2.45, 2.75) is 38.6 Å². The van der Waals surface area contributed by atoms with Gasteiger partial charge in [-0.15, -0.1) is 0 Å². The molecule has 0 bridgehead atoms. The Morgan fingerprint density at radius 2 is 2.15 bits per heavy atom.